The quantitative estimate of drug-likeness (QED) is 0.504. The molecular weight excluding hydrogens is 468 g/mol. The zero-order chi connectivity index (χ0) is 24.3. The van der Waals surface area contributed by atoms with Crippen molar-refractivity contribution in [2.75, 3.05) is 29.9 Å². The van der Waals surface area contributed by atoms with Crippen molar-refractivity contribution in [1.29, 1.82) is 0 Å². The minimum atomic E-state index is -4.53. The molecule has 1 aliphatic rings. The predicted octanol–water partition coefficient (Wildman–Crippen LogP) is 4.79. The number of nitrogens with zero attached hydrogens (tertiary/aromatic N) is 4. The molecule has 0 amide bonds. The summed E-state index contributed by atoms with van der Waals surface area (Å²) >= 11 is 0. The molecule has 2 aromatic heterocycles. The number of rotatable bonds is 6. The van der Waals surface area contributed by atoms with E-state index in [0.717, 1.165) is 6.20 Å². The maximum Gasteiger partial charge on any atom is 0.416 e. The fourth-order valence-electron chi connectivity index (χ4n) is 3.30. The van der Waals surface area contributed by atoms with Crippen LogP contribution < -0.4 is 15.0 Å². The number of ether oxygens (including phenoxy) is 2. The second kappa shape index (κ2) is 9.71. The topological polar surface area (TPSA) is 72.4 Å². The van der Waals surface area contributed by atoms with Crippen LogP contribution in [0.25, 0.3) is 11.1 Å². The number of halogens is 6. The number of hydrogen-bond donors (Lipinski definition) is 1. The van der Waals surface area contributed by atoms with Gasteiger partial charge in [0.1, 0.15) is 11.6 Å². The number of hydrogen-bond acceptors (Lipinski definition) is 7. The lowest BCUT2D eigenvalue weighted by atomic mass is 10.1. The van der Waals surface area contributed by atoms with Crippen LogP contribution in [0.15, 0.2) is 48.8 Å². The van der Waals surface area contributed by atoms with E-state index in [1.165, 1.54) is 29.3 Å². The summed E-state index contributed by atoms with van der Waals surface area (Å²) in [5, 5.41) is 10.5. The Bertz CT molecular complexity index is 1130. The highest BCUT2D eigenvalue weighted by atomic mass is 19.4. The Balaban J connectivity index is 1.52. The molecule has 0 spiro atoms. The van der Waals surface area contributed by atoms with Crippen LogP contribution in [0.1, 0.15) is 0 Å². The average Bonchev–Trinajstić information content (AvgIpc) is 2.80. The van der Waals surface area contributed by atoms with Gasteiger partial charge in [0.2, 0.25) is 0 Å². The average molecular weight is 485 g/mol. The Hall–Kier alpha value is -3.61. The lowest BCUT2D eigenvalue weighted by molar-refractivity contribution is -0.221. The van der Waals surface area contributed by atoms with Gasteiger partial charge in [-0.2, -0.15) is 27.1 Å². The lowest BCUT2D eigenvalue weighted by Crippen LogP contribution is -2.49. The van der Waals surface area contributed by atoms with Crippen molar-refractivity contribution < 1.29 is 35.8 Å². The maximum absolute atomic E-state index is 14.4. The van der Waals surface area contributed by atoms with E-state index in [4.69, 9.17) is 4.74 Å². The molecular formula is C21H17F6N5O2. The first-order valence-electron chi connectivity index (χ1n) is 9.93. The minimum Gasteiger partial charge on any atom is -0.435 e. The van der Waals surface area contributed by atoms with Gasteiger partial charge in [0.25, 0.3) is 0 Å². The summed E-state index contributed by atoms with van der Waals surface area (Å²) in [4.78, 5) is 5.26. The largest absolute Gasteiger partial charge is 0.435 e. The molecule has 34 heavy (non-hydrogen) atoms. The van der Waals surface area contributed by atoms with Gasteiger partial charge in [0.05, 0.1) is 31.2 Å². The highest BCUT2D eigenvalue weighted by Crippen LogP contribution is 2.30. The predicted molar refractivity (Wildman–Crippen MR) is 110 cm³/mol. The molecule has 180 valence electrons. The fourth-order valence-corrected chi connectivity index (χ4v) is 3.30. The first kappa shape index (κ1) is 23.5. The van der Waals surface area contributed by atoms with Gasteiger partial charge in [0.15, 0.2) is 17.7 Å². The summed E-state index contributed by atoms with van der Waals surface area (Å²) in [6.45, 7) is -3.41. The van der Waals surface area contributed by atoms with Crippen molar-refractivity contribution in [2.24, 2.45) is 0 Å². The van der Waals surface area contributed by atoms with E-state index in [1.807, 2.05) is 0 Å². The van der Waals surface area contributed by atoms with Crippen LogP contribution in [0.4, 0.5) is 43.7 Å². The molecule has 3 aromatic rings. The molecule has 1 aromatic carbocycles. The second-order valence-corrected chi connectivity index (χ2v) is 7.23. The Morgan fingerprint density at radius 1 is 1.09 bits per heavy atom. The Morgan fingerprint density at radius 2 is 1.85 bits per heavy atom. The summed E-state index contributed by atoms with van der Waals surface area (Å²) in [6, 6.07) is 8.63. The van der Waals surface area contributed by atoms with Gasteiger partial charge in [-0.3, -0.25) is 0 Å². The number of aromatic nitrogens is 3. The first-order valence-corrected chi connectivity index (χ1v) is 9.93. The van der Waals surface area contributed by atoms with Crippen molar-refractivity contribution in [2.45, 2.75) is 18.9 Å². The SMILES string of the molecule is Fc1cnc(N2CCOC(C(F)(F)F)C2)cc1Nc1cc(-c2ccc(OC(F)F)cc2)cnn1. The molecule has 1 N–H and O–H groups in total. The normalized spacial score (nSPS) is 16.6. The number of anilines is 3. The third-order valence-corrected chi connectivity index (χ3v) is 4.93. The van der Waals surface area contributed by atoms with Crippen LogP contribution in [-0.2, 0) is 4.74 Å². The summed E-state index contributed by atoms with van der Waals surface area (Å²) < 4.78 is 87.2. The number of benzene rings is 1. The van der Waals surface area contributed by atoms with Crippen molar-refractivity contribution in [3.8, 4) is 16.9 Å². The number of pyridine rings is 1. The summed E-state index contributed by atoms with van der Waals surface area (Å²) in [5.41, 5.74) is 1.10. The van der Waals surface area contributed by atoms with Gasteiger partial charge in [-0.05, 0) is 23.8 Å². The van der Waals surface area contributed by atoms with Gasteiger partial charge in [-0.1, -0.05) is 12.1 Å². The summed E-state index contributed by atoms with van der Waals surface area (Å²) in [7, 11) is 0. The zero-order valence-electron chi connectivity index (χ0n) is 17.3. The third-order valence-electron chi connectivity index (χ3n) is 4.93. The highest BCUT2D eigenvalue weighted by molar-refractivity contribution is 5.69. The van der Waals surface area contributed by atoms with Gasteiger partial charge < -0.3 is 19.7 Å². The van der Waals surface area contributed by atoms with E-state index in [0.29, 0.717) is 11.1 Å². The number of morpholine rings is 1. The van der Waals surface area contributed by atoms with Crippen molar-refractivity contribution in [3.05, 3.63) is 54.6 Å². The first-order chi connectivity index (χ1) is 16.2. The van der Waals surface area contributed by atoms with E-state index < -0.39 is 31.3 Å². The molecule has 3 heterocycles. The zero-order valence-corrected chi connectivity index (χ0v) is 17.3. The molecule has 0 saturated carbocycles. The molecule has 1 unspecified atom stereocenters. The van der Waals surface area contributed by atoms with Crippen LogP contribution in [0, 0.1) is 5.82 Å². The van der Waals surface area contributed by atoms with E-state index >= 15 is 0 Å². The van der Waals surface area contributed by atoms with Crippen molar-refractivity contribution in [3.63, 3.8) is 0 Å². The Morgan fingerprint density at radius 3 is 2.56 bits per heavy atom. The lowest BCUT2D eigenvalue weighted by Gasteiger charge is -2.34. The highest BCUT2D eigenvalue weighted by Gasteiger charge is 2.43. The van der Waals surface area contributed by atoms with Gasteiger partial charge in [-0.15, -0.1) is 5.10 Å². The Labute approximate surface area is 189 Å². The molecule has 7 nitrogen and oxygen atoms in total. The van der Waals surface area contributed by atoms with E-state index in [2.05, 4.69) is 25.2 Å². The number of alkyl halides is 5. The van der Waals surface area contributed by atoms with Crippen LogP contribution in [0.3, 0.4) is 0 Å². The Kier molecular flexibility index (Phi) is 6.72. The second-order valence-electron chi connectivity index (χ2n) is 7.23. The molecule has 0 aliphatic carbocycles. The smallest absolute Gasteiger partial charge is 0.416 e. The molecule has 13 heteroatoms. The summed E-state index contributed by atoms with van der Waals surface area (Å²) in [5.74, 6) is -0.469. The monoisotopic (exact) mass is 485 g/mol. The van der Waals surface area contributed by atoms with Crippen LogP contribution in [-0.4, -0.2) is 53.8 Å². The van der Waals surface area contributed by atoms with Crippen LogP contribution in [0.2, 0.25) is 0 Å². The molecule has 4 rings (SSSR count). The van der Waals surface area contributed by atoms with E-state index in [-0.39, 0.29) is 36.2 Å². The minimum absolute atomic E-state index is 0.0126. The molecule has 1 atom stereocenters. The number of nitrogens with one attached hydrogen (secondary N) is 1. The molecule has 1 saturated heterocycles. The molecule has 0 radical (unpaired) electrons. The van der Waals surface area contributed by atoms with E-state index in [1.54, 1.807) is 18.2 Å². The molecule has 1 fully saturated rings. The molecule has 1 aliphatic heterocycles. The van der Waals surface area contributed by atoms with E-state index in [9.17, 15) is 26.3 Å². The van der Waals surface area contributed by atoms with Gasteiger partial charge in [0, 0.05) is 18.2 Å². The van der Waals surface area contributed by atoms with Crippen LogP contribution >= 0.6 is 0 Å². The fraction of sp³-hybridized carbons (Fsp3) is 0.286. The summed E-state index contributed by atoms with van der Waals surface area (Å²) in [6.07, 6.45) is -4.17. The van der Waals surface area contributed by atoms with Crippen molar-refractivity contribution >= 4 is 17.3 Å². The van der Waals surface area contributed by atoms with Gasteiger partial charge >= 0.3 is 12.8 Å². The van der Waals surface area contributed by atoms with Crippen LogP contribution in [0.5, 0.6) is 5.75 Å². The van der Waals surface area contributed by atoms with Gasteiger partial charge in [-0.25, -0.2) is 9.37 Å². The van der Waals surface area contributed by atoms with Crippen molar-refractivity contribution in [1.82, 2.24) is 15.2 Å². The third kappa shape index (κ3) is 5.65. The standard InChI is InChI=1S/C21H17F6N5O2/c22-15-10-28-19(32-5-6-33-17(11-32)21(25,26)27)8-16(15)30-18-7-13(9-29-31-18)12-1-3-14(4-2-12)34-20(23)24/h1-4,7-10,17,20H,5-6,11H2,(H,28,30,31). The maximum atomic E-state index is 14.4. The molecule has 0 bridgehead atoms.